The molecule has 5 nitrogen and oxygen atoms in total. The summed E-state index contributed by atoms with van der Waals surface area (Å²) in [7, 11) is 0. The fourth-order valence-corrected chi connectivity index (χ4v) is 2.80. The highest BCUT2D eigenvalue weighted by molar-refractivity contribution is 5.94. The van der Waals surface area contributed by atoms with Crippen molar-refractivity contribution in [2.75, 3.05) is 25.0 Å². The number of rotatable bonds is 6. The number of piperidine rings is 1. The highest BCUT2D eigenvalue weighted by atomic mass is 16.2. The van der Waals surface area contributed by atoms with Crippen LogP contribution < -0.4 is 16.0 Å². The van der Waals surface area contributed by atoms with Gasteiger partial charge in [-0.2, -0.15) is 0 Å². The minimum atomic E-state index is -0.202. The zero-order valence-corrected chi connectivity index (χ0v) is 13.1. The molecular formula is C17H25N3O2. The molecule has 1 aromatic carbocycles. The largest absolute Gasteiger partial charge is 0.347 e. The molecule has 0 bridgehead atoms. The van der Waals surface area contributed by atoms with Crippen molar-refractivity contribution in [1.29, 1.82) is 0 Å². The molecule has 120 valence electrons. The number of hydrogen-bond acceptors (Lipinski definition) is 3. The molecule has 0 aromatic heterocycles. The average molecular weight is 303 g/mol. The zero-order chi connectivity index (χ0) is 15.8. The number of anilines is 1. The number of para-hydroxylation sites is 1. The third kappa shape index (κ3) is 5.48. The zero-order valence-electron chi connectivity index (χ0n) is 13.1. The van der Waals surface area contributed by atoms with Gasteiger partial charge in [-0.3, -0.25) is 9.59 Å². The van der Waals surface area contributed by atoms with E-state index in [-0.39, 0.29) is 18.4 Å². The number of hydrogen-bond donors (Lipinski definition) is 3. The molecular weight excluding hydrogens is 278 g/mol. The molecule has 1 aliphatic heterocycles. The first kappa shape index (κ1) is 16.5. The van der Waals surface area contributed by atoms with Crippen molar-refractivity contribution in [3.63, 3.8) is 0 Å². The second-order valence-electron chi connectivity index (χ2n) is 5.98. The van der Waals surface area contributed by atoms with E-state index in [1.54, 1.807) is 0 Å². The van der Waals surface area contributed by atoms with Gasteiger partial charge < -0.3 is 16.0 Å². The van der Waals surface area contributed by atoms with Crippen LogP contribution in [0.25, 0.3) is 0 Å². The van der Waals surface area contributed by atoms with Crippen molar-refractivity contribution < 1.29 is 9.59 Å². The van der Waals surface area contributed by atoms with Gasteiger partial charge >= 0.3 is 0 Å². The van der Waals surface area contributed by atoms with Crippen LogP contribution >= 0.6 is 0 Å². The maximum atomic E-state index is 11.9. The lowest BCUT2D eigenvalue weighted by molar-refractivity contribution is -0.125. The van der Waals surface area contributed by atoms with Crippen LogP contribution in [0.4, 0.5) is 5.69 Å². The lowest BCUT2D eigenvalue weighted by atomic mass is 9.85. The van der Waals surface area contributed by atoms with Gasteiger partial charge in [0.2, 0.25) is 11.8 Å². The average Bonchev–Trinajstić information content (AvgIpc) is 2.55. The first-order valence-corrected chi connectivity index (χ1v) is 7.97. The predicted molar refractivity (Wildman–Crippen MR) is 87.5 cm³/mol. The van der Waals surface area contributed by atoms with Gasteiger partial charge in [-0.1, -0.05) is 25.1 Å². The summed E-state index contributed by atoms with van der Waals surface area (Å²) in [4.78, 5) is 23.7. The summed E-state index contributed by atoms with van der Waals surface area (Å²) in [6.45, 7) is 4.20. The van der Waals surface area contributed by atoms with Crippen molar-refractivity contribution in [1.82, 2.24) is 10.6 Å². The summed E-state index contributed by atoms with van der Waals surface area (Å²) in [5, 5.41) is 8.82. The number of carbonyl (C=O) groups is 2. The fraction of sp³-hybridized carbons (Fsp3) is 0.529. The lowest BCUT2D eigenvalue weighted by Crippen LogP contribution is -2.37. The molecule has 1 saturated heterocycles. The Labute approximate surface area is 131 Å². The molecule has 2 unspecified atom stereocenters. The Morgan fingerprint density at radius 1 is 1.27 bits per heavy atom. The Bertz CT molecular complexity index is 484. The van der Waals surface area contributed by atoms with Gasteiger partial charge in [0.25, 0.3) is 0 Å². The summed E-state index contributed by atoms with van der Waals surface area (Å²) in [6, 6.07) is 9.23. The molecule has 1 heterocycles. The van der Waals surface area contributed by atoms with E-state index in [9.17, 15) is 9.59 Å². The molecule has 0 radical (unpaired) electrons. The smallest absolute Gasteiger partial charge is 0.243 e. The van der Waals surface area contributed by atoms with Crippen LogP contribution in [-0.4, -0.2) is 31.4 Å². The summed E-state index contributed by atoms with van der Waals surface area (Å²) in [5.74, 6) is 0.635. The second kappa shape index (κ2) is 8.54. The van der Waals surface area contributed by atoms with Crippen LogP contribution in [0.15, 0.2) is 30.3 Å². The van der Waals surface area contributed by atoms with Gasteiger partial charge in [0.1, 0.15) is 0 Å². The minimum absolute atomic E-state index is 0.0172. The van der Waals surface area contributed by atoms with Crippen LogP contribution in [0.5, 0.6) is 0 Å². The second-order valence-corrected chi connectivity index (χ2v) is 5.98. The Balaban J connectivity index is 1.67. The van der Waals surface area contributed by atoms with E-state index >= 15 is 0 Å². The van der Waals surface area contributed by atoms with Crippen molar-refractivity contribution >= 4 is 17.5 Å². The normalized spacial score (nSPS) is 19.2. The lowest BCUT2D eigenvalue weighted by Gasteiger charge is -2.27. The molecule has 0 saturated carbocycles. The standard InChI is InChI=1S/C17H25N3O2/c1-13(14-6-5-9-18-11-14)10-16(21)19-12-17(22)20-15-7-3-2-4-8-15/h2-4,7-8,13-14,18H,5-6,9-12H2,1H3,(H,19,21)(H,20,22). The molecule has 0 aliphatic carbocycles. The van der Waals surface area contributed by atoms with Gasteiger partial charge in [-0.15, -0.1) is 0 Å². The van der Waals surface area contributed by atoms with E-state index in [4.69, 9.17) is 0 Å². The monoisotopic (exact) mass is 303 g/mol. The number of amides is 2. The molecule has 2 atom stereocenters. The molecule has 2 amide bonds. The Morgan fingerprint density at radius 2 is 2.05 bits per heavy atom. The SMILES string of the molecule is CC(CC(=O)NCC(=O)Nc1ccccc1)C1CCCNC1. The highest BCUT2D eigenvalue weighted by Gasteiger charge is 2.22. The number of nitrogens with one attached hydrogen (secondary N) is 3. The third-order valence-electron chi connectivity index (χ3n) is 4.15. The Kier molecular flexibility index (Phi) is 6.40. The van der Waals surface area contributed by atoms with E-state index in [1.807, 2.05) is 30.3 Å². The summed E-state index contributed by atoms with van der Waals surface area (Å²) in [5.41, 5.74) is 0.739. The van der Waals surface area contributed by atoms with Crippen molar-refractivity contribution in [2.24, 2.45) is 11.8 Å². The molecule has 22 heavy (non-hydrogen) atoms. The van der Waals surface area contributed by atoms with Gasteiger partial charge in [0.15, 0.2) is 0 Å². The molecule has 1 fully saturated rings. The summed E-state index contributed by atoms with van der Waals surface area (Å²) >= 11 is 0. The molecule has 2 rings (SSSR count). The van der Waals surface area contributed by atoms with Crippen LogP contribution in [0, 0.1) is 11.8 Å². The van der Waals surface area contributed by atoms with Gasteiger partial charge in [0, 0.05) is 12.1 Å². The van der Waals surface area contributed by atoms with E-state index in [1.165, 1.54) is 12.8 Å². The fourth-order valence-electron chi connectivity index (χ4n) is 2.80. The third-order valence-corrected chi connectivity index (χ3v) is 4.15. The van der Waals surface area contributed by atoms with Gasteiger partial charge in [0.05, 0.1) is 6.54 Å². The van der Waals surface area contributed by atoms with Crippen molar-refractivity contribution in [3.8, 4) is 0 Å². The van der Waals surface area contributed by atoms with E-state index in [0.717, 1.165) is 18.8 Å². The molecule has 0 spiro atoms. The Morgan fingerprint density at radius 3 is 2.73 bits per heavy atom. The van der Waals surface area contributed by atoms with Crippen LogP contribution in [0.1, 0.15) is 26.2 Å². The first-order valence-electron chi connectivity index (χ1n) is 7.97. The van der Waals surface area contributed by atoms with Crippen molar-refractivity contribution in [3.05, 3.63) is 30.3 Å². The number of carbonyl (C=O) groups excluding carboxylic acids is 2. The molecule has 3 N–H and O–H groups in total. The first-order chi connectivity index (χ1) is 10.6. The summed E-state index contributed by atoms with van der Waals surface area (Å²) < 4.78 is 0. The summed E-state index contributed by atoms with van der Waals surface area (Å²) in [6.07, 6.45) is 2.83. The van der Waals surface area contributed by atoms with Gasteiger partial charge in [-0.25, -0.2) is 0 Å². The highest BCUT2D eigenvalue weighted by Crippen LogP contribution is 2.22. The van der Waals surface area contributed by atoms with E-state index in [2.05, 4.69) is 22.9 Å². The maximum absolute atomic E-state index is 11.9. The van der Waals surface area contributed by atoms with Crippen LogP contribution in [-0.2, 0) is 9.59 Å². The van der Waals surface area contributed by atoms with Crippen molar-refractivity contribution in [2.45, 2.75) is 26.2 Å². The molecule has 5 heteroatoms. The number of benzene rings is 1. The minimum Gasteiger partial charge on any atom is -0.347 e. The topological polar surface area (TPSA) is 70.2 Å². The van der Waals surface area contributed by atoms with Crippen LogP contribution in [0.2, 0.25) is 0 Å². The quantitative estimate of drug-likeness (QED) is 0.750. The predicted octanol–water partition coefficient (Wildman–Crippen LogP) is 1.77. The molecule has 1 aliphatic rings. The Hall–Kier alpha value is -1.88. The maximum Gasteiger partial charge on any atom is 0.243 e. The van der Waals surface area contributed by atoms with Crippen LogP contribution in [0.3, 0.4) is 0 Å². The van der Waals surface area contributed by atoms with Gasteiger partial charge in [-0.05, 0) is 49.9 Å². The molecule has 1 aromatic rings. The van der Waals surface area contributed by atoms with E-state index in [0.29, 0.717) is 18.3 Å². The van der Waals surface area contributed by atoms with E-state index < -0.39 is 0 Å².